The van der Waals surface area contributed by atoms with E-state index in [1.165, 1.54) is 11.1 Å². The van der Waals surface area contributed by atoms with Crippen LogP contribution in [0.2, 0.25) is 0 Å². The fourth-order valence-electron chi connectivity index (χ4n) is 3.72. The summed E-state index contributed by atoms with van der Waals surface area (Å²) in [7, 11) is 1.62. The van der Waals surface area contributed by atoms with E-state index in [-0.39, 0.29) is 0 Å². The second-order valence-corrected chi connectivity index (χ2v) is 5.61. The summed E-state index contributed by atoms with van der Waals surface area (Å²) in [6, 6.07) is 6.46. The molecule has 2 unspecified atom stereocenters. The quantitative estimate of drug-likeness (QED) is 0.732. The molecule has 20 heavy (non-hydrogen) atoms. The maximum Gasteiger partial charge on any atom is 0.213 e. The molecule has 3 rings (SSSR count). The van der Waals surface area contributed by atoms with Gasteiger partial charge in [0, 0.05) is 18.4 Å². The molecule has 0 spiro atoms. The van der Waals surface area contributed by atoms with Crippen molar-refractivity contribution in [1.29, 1.82) is 5.26 Å². The van der Waals surface area contributed by atoms with Crippen LogP contribution < -0.4 is 4.74 Å². The fraction of sp³-hybridized carbons (Fsp3) is 0.412. The molecule has 0 radical (unpaired) electrons. The lowest BCUT2D eigenvalue weighted by molar-refractivity contribution is 0.390. The van der Waals surface area contributed by atoms with Crippen molar-refractivity contribution in [2.45, 2.75) is 32.1 Å². The molecule has 0 fully saturated rings. The Morgan fingerprint density at radius 1 is 1.50 bits per heavy atom. The molecule has 2 aliphatic carbocycles. The summed E-state index contributed by atoms with van der Waals surface area (Å²) < 4.78 is 5.22. The van der Waals surface area contributed by atoms with Gasteiger partial charge in [0.05, 0.1) is 18.9 Å². The van der Waals surface area contributed by atoms with Gasteiger partial charge < -0.3 is 4.74 Å². The highest BCUT2D eigenvalue weighted by atomic mass is 16.5. The van der Waals surface area contributed by atoms with E-state index in [0.717, 1.165) is 24.1 Å². The summed E-state index contributed by atoms with van der Waals surface area (Å²) in [5.74, 6) is 0.917. The first-order valence-electron chi connectivity index (χ1n) is 6.94. The summed E-state index contributed by atoms with van der Waals surface area (Å²) in [4.78, 5) is 4.57. The molecule has 1 aromatic rings. The molecule has 0 amide bonds. The van der Waals surface area contributed by atoms with Crippen LogP contribution in [0.4, 0.5) is 0 Å². The van der Waals surface area contributed by atoms with Crippen molar-refractivity contribution in [2.75, 3.05) is 7.11 Å². The molecule has 3 heteroatoms. The summed E-state index contributed by atoms with van der Waals surface area (Å²) in [6.45, 7) is 4.15. The highest BCUT2D eigenvalue weighted by molar-refractivity contribution is 5.55. The van der Waals surface area contributed by atoms with E-state index in [1.807, 2.05) is 19.1 Å². The van der Waals surface area contributed by atoms with Crippen LogP contribution in [-0.4, -0.2) is 12.1 Å². The zero-order valence-corrected chi connectivity index (χ0v) is 12.1. The number of methoxy groups -OCH3 is 1. The summed E-state index contributed by atoms with van der Waals surface area (Å²) in [6.07, 6.45) is 6.02. The van der Waals surface area contributed by atoms with E-state index >= 15 is 0 Å². The molecule has 0 N–H and O–H groups in total. The van der Waals surface area contributed by atoms with Crippen molar-refractivity contribution in [3.63, 3.8) is 0 Å². The molecule has 2 bridgehead atoms. The Morgan fingerprint density at radius 2 is 2.30 bits per heavy atom. The number of allylic oxidation sites excluding steroid dienone is 4. The fourth-order valence-corrected chi connectivity index (χ4v) is 3.72. The number of nitriles is 1. The standard InChI is InChI=1S/C17H18N2O/c1-4-13-12-7-11(2)9-17(13,10-18)14-5-6-16(20-3)19-15(14)8-12/h4-7,12H,8-9H2,1-3H3. The second kappa shape index (κ2) is 4.49. The van der Waals surface area contributed by atoms with Crippen LogP contribution in [0.1, 0.15) is 31.5 Å². The largest absolute Gasteiger partial charge is 0.481 e. The highest BCUT2D eigenvalue weighted by Crippen LogP contribution is 2.51. The second-order valence-electron chi connectivity index (χ2n) is 5.61. The maximum atomic E-state index is 9.91. The van der Waals surface area contributed by atoms with E-state index in [0.29, 0.717) is 11.8 Å². The number of aromatic nitrogens is 1. The minimum absolute atomic E-state index is 0.292. The molecular formula is C17H18N2O. The SMILES string of the molecule is CC=C1C2C=C(C)CC1(C#N)c1ccc(OC)nc1C2. The van der Waals surface area contributed by atoms with Crippen molar-refractivity contribution >= 4 is 0 Å². The third-order valence-corrected chi connectivity index (χ3v) is 4.45. The molecule has 3 nitrogen and oxygen atoms in total. The maximum absolute atomic E-state index is 9.91. The first-order chi connectivity index (χ1) is 9.64. The van der Waals surface area contributed by atoms with Gasteiger partial charge in [-0.05, 0) is 37.5 Å². The number of hydrogen-bond donors (Lipinski definition) is 0. The van der Waals surface area contributed by atoms with Crippen molar-refractivity contribution in [3.05, 3.63) is 46.7 Å². The Balaban J connectivity index is 2.27. The molecule has 1 heterocycles. The molecule has 1 aromatic heterocycles. The van der Waals surface area contributed by atoms with Crippen LogP contribution in [0.3, 0.4) is 0 Å². The Kier molecular flexibility index (Phi) is 2.90. The monoisotopic (exact) mass is 266 g/mol. The van der Waals surface area contributed by atoms with E-state index in [9.17, 15) is 5.26 Å². The van der Waals surface area contributed by atoms with Gasteiger partial charge >= 0.3 is 0 Å². The van der Waals surface area contributed by atoms with Gasteiger partial charge in [0.1, 0.15) is 5.41 Å². The summed E-state index contributed by atoms with van der Waals surface area (Å²) in [5, 5.41) is 9.91. The first-order valence-corrected chi connectivity index (χ1v) is 6.94. The number of nitrogens with zero attached hydrogens (tertiary/aromatic N) is 2. The zero-order chi connectivity index (χ0) is 14.3. The van der Waals surface area contributed by atoms with Crippen LogP contribution >= 0.6 is 0 Å². The zero-order valence-electron chi connectivity index (χ0n) is 12.1. The molecule has 0 saturated carbocycles. The van der Waals surface area contributed by atoms with Crippen LogP contribution in [0.15, 0.2) is 35.4 Å². The number of rotatable bonds is 1. The predicted molar refractivity (Wildman–Crippen MR) is 77.4 cm³/mol. The van der Waals surface area contributed by atoms with Crippen LogP contribution in [0.5, 0.6) is 5.88 Å². The Hall–Kier alpha value is -2.08. The lowest BCUT2D eigenvalue weighted by atomic mass is 9.59. The molecule has 2 aliphatic rings. The summed E-state index contributed by atoms with van der Waals surface area (Å²) in [5.41, 5.74) is 4.04. The number of fused-ring (bicyclic) bond motifs is 4. The molecule has 0 aliphatic heterocycles. The van der Waals surface area contributed by atoms with Gasteiger partial charge in [-0.15, -0.1) is 0 Å². The lowest BCUT2D eigenvalue weighted by Crippen LogP contribution is -2.39. The topological polar surface area (TPSA) is 45.9 Å². The minimum Gasteiger partial charge on any atom is -0.481 e. The van der Waals surface area contributed by atoms with Crippen molar-refractivity contribution in [3.8, 4) is 11.9 Å². The van der Waals surface area contributed by atoms with E-state index in [2.05, 4.69) is 30.1 Å². The van der Waals surface area contributed by atoms with Crippen molar-refractivity contribution in [2.24, 2.45) is 5.92 Å². The van der Waals surface area contributed by atoms with Crippen LogP contribution in [0, 0.1) is 17.2 Å². The Bertz CT molecular complexity index is 666. The Labute approximate surface area is 119 Å². The van der Waals surface area contributed by atoms with Crippen molar-refractivity contribution < 1.29 is 4.74 Å². The van der Waals surface area contributed by atoms with E-state index in [1.54, 1.807) is 7.11 Å². The molecule has 2 atom stereocenters. The summed E-state index contributed by atoms with van der Waals surface area (Å²) >= 11 is 0. The normalized spacial score (nSPS) is 29.4. The van der Waals surface area contributed by atoms with Gasteiger partial charge in [-0.3, -0.25) is 0 Å². The number of hydrogen-bond acceptors (Lipinski definition) is 3. The molecule has 102 valence electrons. The van der Waals surface area contributed by atoms with Crippen molar-refractivity contribution in [1.82, 2.24) is 4.98 Å². The molecule has 0 aromatic carbocycles. The van der Waals surface area contributed by atoms with Gasteiger partial charge in [-0.1, -0.05) is 17.7 Å². The Morgan fingerprint density at radius 3 is 2.95 bits per heavy atom. The first kappa shape index (κ1) is 12.9. The van der Waals surface area contributed by atoms with Gasteiger partial charge in [0.2, 0.25) is 5.88 Å². The van der Waals surface area contributed by atoms with Gasteiger partial charge in [-0.25, -0.2) is 4.98 Å². The van der Waals surface area contributed by atoms with Gasteiger partial charge in [-0.2, -0.15) is 5.26 Å². The molecule has 0 saturated heterocycles. The third-order valence-electron chi connectivity index (χ3n) is 4.45. The minimum atomic E-state index is -0.537. The third kappa shape index (κ3) is 1.61. The average molecular weight is 266 g/mol. The van der Waals surface area contributed by atoms with Gasteiger partial charge in [0.25, 0.3) is 0 Å². The number of pyridine rings is 1. The smallest absolute Gasteiger partial charge is 0.213 e. The van der Waals surface area contributed by atoms with E-state index < -0.39 is 5.41 Å². The van der Waals surface area contributed by atoms with Crippen LogP contribution in [0.25, 0.3) is 0 Å². The predicted octanol–water partition coefficient (Wildman–Crippen LogP) is 3.32. The number of ether oxygens (including phenoxy) is 1. The highest BCUT2D eigenvalue weighted by Gasteiger charge is 2.47. The average Bonchev–Trinajstić information content (AvgIpc) is 2.45. The van der Waals surface area contributed by atoms with E-state index in [4.69, 9.17) is 4.74 Å². The lowest BCUT2D eigenvalue weighted by Gasteiger charge is -2.43. The van der Waals surface area contributed by atoms with Gasteiger partial charge in [0.15, 0.2) is 0 Å². The molecular weight excluding hydrogens is 248 g/mol. The van der Waals surface area contributed by atoms with Crippen LogP contribution in [-0.2, 0) is 11.8 Å².